The fourth-order valence-electron chi connectivity index (χ4n) is 5.73. The normalized spacial score (nSPS) is 15.2. The van der Waals surface area contributed by atoms with Crippen LogP contribution < -0.4 is 20.9 Å². The van der Waals surface area contributed by atoms with Gasteiger partial charge in [0.15, 0.2) is 5.82 Å². The van der Waals surface area contributed by atoms with E-state index in [4.69, 9.17) is 4.74 Å². The van der Waals surface area contributed by atoms with Gasteiger partial charge in [-0.3, -0.25) is 28.9 Å². The largest absolute Gasteiger partial charge is 0.461 e. The number of benzene rings is 2. The summed E-state index contributed by atoms with van der Waals surface area (Å²) >= 11 is 0. The number of aromatic amines is 1. The van der Waals surface area contributed by atoms with Crippen molar-refractivity contribution < 1.29 is 28.7 Å². The Morgan fingerprint density at radius 2 is 1.69 bits per heavy atom. The van der Waals surface area contributed by atoms with E-state index in [1.165, 1.54) is 11.1 Å². The summed E-state index contributed by atoms with van der Waals surface area (Å²) in [6, 6.07) is 18.5. The molecule has 4 atom stereocenters. The summed E-state index contributed by atoms with van der Waals surface area (Å²) in [6.45, 7) is 3.73. The van der Waals surface area contributed by atoms with E-state index < -0.39 is 41.8 Å². The minimum absolute atomic E-state index is 0.0374. The molecule has 0 aliphatic carbocycles. The topological polar surface area (TPSA) is 201 Å². The number of amides is 4. The second-order valence-electron chi connectivity index (χ2n) is 12.3. The summed E-state index contributed by atoms with van der Waals surface area (Å²) < 4.78 is 5.45. The predicted octanol–water partition coefficient (Wildman–Crippen LogP) is 1.95. The highest BCUT2D eigenvalue weighted by atomic mass is 16.5. The van der Waals surface area contributed by atoms with Crippen LogP contribution >= 0.6 is 0 Å². The van der Waals surface area contributed by atoms with Gasteiger partial charge in [0.2, 0.25) is 17.7 Å². The van der Waals surface area contributed by atoms with Crippen molar-refractivity contribution in [2.24, 2.45) is 5.92 Å². The van der Waals surface area contributed by atoms with E-state index in [2.05, 4.69) is 41.6 Å². The number of nitrogens with one attached hydrogen (secondary N) is 4. The first-order chi connectivity index (χ1) is 24.7. The van der Waals surface area contributed by atoms with E-state index >= 15 is 0 Å². The number of carbonyl (C=O) groups is 5. The zero-order valence-electron chi connectivity index (χ0n) is 28.5. The number of H-pyrrole nitrogens is 1. The molecule has 15 nitrogen and oxygen atoms in total. The smallest absolute Gasteiger partial charge is 0.306 e. The van der Waals surface area contributed by atoms with E-state index in [-0.39, 0.29) is 62.3 Å². The molecular weight excluding hydrogens is 654 g/mol. The van der Waals surface area contributed by atoms with Gasteiger partial charge in [-0.1, -0.05) is 92.2 Å². The summed E-state index contributed by atoms with van der Waals surface area (Å²) in [5, 5.41) is 21.9. The standard InChI is InChI=1S/C36H41N9O6/c1-3-23(2)32(40-30(46)19-24-11-6-4-7-12-24)35(49)39-27(16-17-31(47)51-22-25-13-8-5-9-14-25)36(50)45-28(20-26-15-10-18-37-33(26)45)34(48)38-21-29-41-43-44-42-29/h4-15,18,23,27-28,32H,3,16-17,19-22H2,1-2H3,(H,38,48)(H,39,49)(H,40,46)(H,41,42,43,44)/t23-,27-,28-,32-/m0/s1. The van der Waals surface area contributed by atoms with Gasteiger partial charge in [-0.15, -0.1) is 10.2 Å². The molecule has 266 valence electrons. The molecule has 0 spiro atoms. The lowest BCUT2D eigenvalue weighted by Crippen LogP contribution is -2.58. The Hall–Kier alpha value is -5.99. The molecule has 5 rings (SSSR count). The maximum absolute atomic E-state index is 14.5. The molecule has 51 heavy (non-hydrogen) atoms. The number of aromatic nitrogens is 5. The second-order valence-corrected chi connectivity index (χ2v) is 12.3. The zero-order chi connectivity index (χ0) is 36.2. The number of carbonyl (C=O) groups excluding carboxylic acids is 5. The Morgan fingerprint density at radius 3 is 2.37 bits per heavy atom. The Balaban J connectivity index is 1.36. The van der Waals surface area contributed by atoms with Crippen molar-refractivity contribution in [2.75, 3.05) is 4.90 Å². The predicted molar refractivity (Wildman–Crippen MR) is 184 cm³/mol. The molecule has 4 N–H and O–H groups in total. The molecular formula is C36H41N9O6. The first kappa shape index (κ1) is 36.3. The van der Waals surface area contributed by atoms with Crippen molar-refractivity contribution >= 4 is 35.4 Å². The number of ether oxygens (including phenoxy) is 1. The van der Waals surface area contributed by atoms with Crippen LogP contribution in [0.4, 0.5) is 5.82 Å². The fraction of sp³-hybridized carbons (Fsp3) is 0.361. The van der Waals surface area contributed by atoms with Gasteiger partial charge in [0, 0.05) is 19.0 Å². The average Bonchev–Trinajstić information content (AvgIpc) is 3.82. The Bertz CT molecular complexity index is 1790. The van der Waals surface area contributed by atoms with Crippen molar-refractivity contribution in [3.8, 4) is 0 Å². The molecule has 0 bridgehead atoms. The molecule has 0 saturated heterocycles. The highest BCUT2D eigenvalue weighted by Crippen LogP contribution is 2.31. The van der Waals surface area contributed by atoms with Gasteiger partial charge in [0.25, 0.3) is 5.91 Å². The minimum atomic E-state index is -1.28. The fourth-order valence-corrected chi connectivity index (χ4v) is 5.73. The SMILES string of the molecule is CC[C@H](C)[C@H](NC(=O)Cc1ccccc1)C(=O)N[C@@H](CCC(=O)OCc1ccccc1)C(=O)N1c2ncccc2C[C@H]1C(=O)NCc1nn[nH]n1. The Kier molecular flexibility index (Phi) is 12.5. The van der Waals surface area contributed by atoms with Gasteiger partial charge in [0.1, 0.15) is 30.6 Å². The molecule has 15 heteroatoms. The van der Waals surface area contributed by atoms with Gasteiger partial charge in [-0.25, -0.2) is 4.98 Å². The maximum atomic E-state index is 14.5. The number of fused-ring (bicyclic) bond motifs is 1. The van der Waals surface area contributed by atoms with E-state index in [1.807, 2.05) is 74.5 Å². The number of pyridine rings is 1. The van der Waals surface area contributed by atoms with Crippen LogP contribution in [-0.4, -0.2) is 73.3 Å². The molecule has 4 aromatic rings. The first-order valence-corrected chi connectivity index (χ1v) is 16.8. The molecule has 2 aromatic carbocycles. The molecule has 1 aliphatic heterocycles. The highest BCUT2D eigenvalue weighted by molar-refractivity contribution is 6.06. The zero-order valence-corrected chi connectivity index (χ0v) is 28.5. The lowest BCUT2D eigenvalue weighted by Gasteiger charge is -2.30. The molecule has 0 unspecified atom stereocenters. The van der Waals surface area contributed by atoms with Crippen LogP contribution in [0.25, 0.3) is 0 Å². The lowest BCUT2D eigenvalue weighted by atomic mass is 9.97. The van der Waals surface area contributed by atoms with E-state index in [9.17, 15) is 24.0 Å². The van der Waals surface area contributed by atoms with Crippen molar-refractivity contribution in [2.45, 2.75) is 77.2 Å². The van der Waals surface area contributed by atoms with Gasteiger partial charge in [-0.2, -0.15) is 5.21 Å². The lowest BCUT2D eigenvalue weighted by molar-refractivity contribution is -0.145. The number of hydrogen-bond donors (Lipinski definition) is 4. The van der Waals surface area contributed by atoms with Crippen molar-refractivity contribution in [3.63, 3.8) is 0 Å². The maximum Gasteiger partial charge on any atom is 0.306 e. The summed E-state index contributed by atoms with van der Waals surface area (Å²) in [5.74, 6) is -2.45. The summed E-state index contributed by atoms with van der Waals surface area (Å²) in [7, 11) is 0. The first-order valence-electron chi connectivity index (χ1n) is 16.8. The average molecular weight is 696 g/mol. The third-order valence-corrected chi connectivity index (χ3v) is 8.68. The van der Waals surface area contributed by atoms with E-state index in [0.717, 1.165) is 11.1 Å². The van der Waals surface area contributed by atoms with Crippen molar-refractivity contribution in [3.05, 3.63) is 102 Å². The molecule has 3 heterocycles. The third kappa shape index (κ3) is 9.80. The van der Waals surface area contributed by atoms with Crippen LogP contribution in [0.5, 0.6) is 0 Å². The Morgan fingerprint density at radius 1 is 0.961 bits per heavy atom. The summed E-state index contributed by atoms with van der Waals surface area (Å²) in [4.78, 5) is 73.7. The number of esters is 1. The molecule has 0 radical (unpaired) electrons. The number of nitrogens with zero attached hydrogens (tertiary/aromatic N) is 5. The van der Waals surface area contributed by atoms with Crippen LogP contribution in [0.1, 0.15) is 55.6 Å². The second kappa shape index (κ2) is 17.6. The molecule has 0 saturated carbocycles. The number of tetrazole rings is 1. The molecule has 0 fully saturated rings. The van der Waals surface area contributed by atoms with Gasteiger partial charge >= 0.3 is 5.97 Å². The number of hydrogen-bond acceptors (Lipinski definition) is 10. The molecule has 1 aliphatic rings. The Labute approximate surface area is 294 Å². The van der Waals surface area contributed by atoms with Crippen LogP contribution in [0, 0.1) is 5.92 Å². The van der Waals surface area contributed by atoms with Crippen LogP contribution in [-0.2, 0) is 54.7 Å². The van der Waals surface area contributed by atoms with Crippen molar-refractivity contribution in [1.29, 1.82) is 0 Å². The van der Waals surface area contributed by atoms with Crippen molar-refractivity contribution in [1.82, 2.24) is 41.6 Å². The van der Waals surface area contributed by atoms with E-state index in [1.54, 1.807) is 12.1 Å². The quantitative estimate of drug-likeness (QED) is 0.126. The van der Waals surface area contributed by atoms with Crippen LogP contribution in [0.3, 0.4) is 0 Å². The van der Waals surface area contributed by atoms with Gasteiger partial charge < -0.3 is 20.7 Å². The summed E-state index contributed by atoms with van der Waals surface area (Å²) in [6.07, 6.45) is 1.94. The van der Waals surface area contributed by atoms with Crippen LogP contribution in [0.2, 0.25) is 0 Å². The molecule has 4 amide bonds. The van der Waals surface area contributed by atoms with Crippen LogP contribution in [0.15, 0.2) is 79.0 Å². The van der Waals surface area contributed by atoms with Gasteiger partial charge in [0.05, 0.1) is 13.0 Å². The highest BCUT2D eigenvalue weighted by Gasteiger charge is 2.43. The number of anilines is 1. The van der Waals surface area contributed by atoms with E-state index in [0.29, 0.717) is 12.0 Å². The molecule has 2 aromatic heterocycles. The van der Waals surface area contributed by atoms with Gasteiger partial charge in [-0.05, 0) is 35.1 Å². The third-order valence-electron chi connectivity index (χ3n) is 8.68. The monoisotopic (exact) mass is 695 g/mol. The minimum Gasteiger partial charge on any atom is -0.461 e. The number of rotatable bonds is 16. The summed E-state index contributed by atoms with van der Waals surface area (Å²) in [5.41, 5.74) is 2.23.